The van der Waals surface area contributed by atoms with Gasteiger partial charge in [0.25, 0.3) is 0 Å². The van der Waals surface area contributed by atoms with Crippen molar-refractivity contribution < 1.29 is 0 Å². The maximum absolute atomic E-state index is 4.72. The van der Waals surface area contributed by atoms with E-state index < -0.39 is 0 Å². The van der Waals surface area contributed by atoms with Crippen molar-refractivity contribution in [3.8, 4) is 0 Å². The van der Waals surface area contributed by atoms with Crippen molar-refractivity contribution in [1.29, 1.82) is 0 Å². The number of rotatable bonds is 3. The van der Waals surface area contributed by atoms with Gasteiger partial charge in [0.1, 0.15) is 5.82 Å². The number of hydrogen-bond donors (Lipinski definition) is 3. The van der Waals surface area contributed by atoms with E-state index in [4.69, 9.17) is 36.7 Å². The molecular weight excluding hydrogens is 421 g/mol. The number of H-pyrrole nitrogens is 3. The molecule has 123 valence electrons. The van der Waals surface area contributed by atoms with Crippen molar-refractivity contribution in [2.24, 2.45) is 0 Å². The average Bonchev–Trinajstić information content (AvgIpc) is 2.91. The molecule has 3 aromatic rings. The number of hydrogen-bond acceptors (Lipinski definition) is 7. The van der Waals surface area contributed by atoms with Gasteiger partial charge in [-0.05, 0) is 54.9 Å². The predicted molar refractivity (Wildman–Crippen MR) is 110 cm³/mol. The molecule has 0 aliphatic rings. The van der Waals surface area contributed by atoms with Gasteiger partial charge in [-0.1, -0.05) is 0 Å². The molecule has 3 heterocycles. The summed E-state index contributed by atoms with van der Waals surface area (Å²) in [7, 11) is 0. The van der Waals surface area contributed by atoms with Gasteiger partial charge in [-0.25, -0.2) is 4.98 Å². The smallest absolute Gasteiger partial charge is 0.178 e. The van der Waals surface area contributed by atoms with Gasteiger partial charge in [0.05, 0.1) is 11.9 Å². The fourth-order valence-corrected chi connectivity index (χ4v) is 2.48. The molecular formula is C12H14N8Na3S3. The minimum Gasteiger partial charge on any atom is -0.335 e. The van der Waals surface area contributed by atoms with Crippen LogP contribution in [0.2, 0.25) is 0 Å². The minimum absolute atomic E-state index is 0. The summed E-state index contributed by atoms with van der Waals surface area (Å²) in [6.07, 6.45) is 6.27. The second-order valence-electron chi connectivity index (χ2n) is 4.39. The Hall–Kier alpha value is 0.890. The van der Waals surface area contributed by atoms with Crippen molar-refractivity contribution in [3.63, 3.8) is 0 Å². The maximum atomic E-state index is 4.72. The number of aryl methyl sites for hydroxylation is 3. The second kappa shape index (κ2) is 15.8. The Bertz CT molecular complexity index is 843. The fraction of sp³-hybridized carbons (Fsp3) is 0.250. The number of nitrogens with zero attached hydrogens (tertiary/aromatic N) is 5. The quantitative estimate of drug-likeness (QED) is 0.421. The summed E-state index contributed by atoms with van der Waals surface area (Å²) in [6.45, 7) is 2.86. The zero-order valence-corrected chi connectivity index (χ0v) is 23.6. The molecule has 3 radical (unpaired) electrons. The normalized spacial score (nSPS) is 8.81. The van der Waals surface area contributed by atoms with Gasteiger partial charge in [0.2, 0.25) is 0 Å². The van der Waals surface area contributed by atoms with E-state index in [2.05, 4.69) is 39.9 Å². The van der Waals surface area contributed by atoms with Crippen LogP contribution >= 0.6 is 36.7 Å². The van der Waals surface area contributed by atoms with Crippen molar-refractivity contribution >= 4 is 125 Å². The zero-order valence-electron chi connectivity index (χ0n) is 15.2. The summed E-state index contributed by atoms with van der Waals surface area (Å²) >= 11 is 14.2. The number of aromatic nitrogens is 8. The van der Waals surface area contributed by atoms with Gasteiger partial charge in [0.15, 0.2) is 14.3 Å². The first-order chi connectivity index (χ1) is 11.0. The Morgan fingerprint density at radius 1 is 0.962 bits per heavy atom. The molecule has 8 nitrogen and oxygen atoms in total. The van der Waals surface area contributed by atoms with E-state index in [0.717, 1.165) is 24.5 Å². The van der Waals surface area contributed by atoms with Crippen molar-refractivity contribution in [2.75, 3.05) is 0 Å². The van der Waals surface area contributed by atoms with Crippen LogP contribution in [0.3, 0.4) is 0 Å². The van der Waals surface area contributed by atoms with E-state index in [9.17, 15) is 0 Å². The van der Waals surface area contributed by atoms with Crippen LogP contribution in [0.5, 0.6) is 0 Å². The van der Waals surface area contributed by atoms with Crippen molar-refractivity contribution in [1.82, 2.24) is 39.9 Å². The van der Waals surface area contributed by atoms with Crippen molar-refractivity contribution in [2.45, 2.75) is 19.9 Å². The molecule has 3 N–H and O–H groups in total. The first kappa shape index (κ1) is 29.1. The van der Waals surface area contributed by atoms with Gasteiger partial charge >= 0.3 is 0 Å². The van der Waals surface area contributed by atoms with Gasteiger partial charge in [-0.2, -0.15) is 0 Å². The largest absolute Gasteiger partial charge is 0.335 e. The third-order valence-electron chi connectivity index (χ3n) is 2.77. The fourth-order valence-electron chi connectivity index (χ4n) is 1.68. The van der Waals surface area contributed by atoms with Crippen LogP contribution in [-0.2, 0) is 13.0 Å². The van der Waals surface area contributed by atoms with Gasteiger partial charge < -0.3 is 19.5 Å². The maximum Gasteiger partial charge on any atom is 0.178 e. The first-order valence-electron chi connectivity index (χ1n) is 6.58. The first-order valence-corrected chi connectivity index (χ1v) is 7.81. The van der Waals surface area contributed by atoms with Gasteiger partial charge in [-0.15, -0.1) is 10.2 Å². The van der Waals surface area contributed by atoms with Crippen molar-refractivity contribution in [3.05, 3.63) is 50.5 Å². The molecule has 26 heavy (non-hydrogen) atoms. The van der Waals surface area contributed by atoms with E-state index in [-0.39, 0.29) is 88.7 Å². The molecule has 0 atom stereocenters. The third kappa shape index (κ3) is 11.0. The number of aromatic amines is 3. The topological polar surface area (TPSA) is 104 Å². The minimum atomic E-state index is 0. The summed E-state index contributed by atoms with van der Waals surface area (Å²) in [5, 5.41) is 11.1. The van der Waals surface area contributed by atoms with Crippen LogP contribution in [0.25, 0.3) is 0 Å². The molecule has 0 bridgehead atoms. The van der Waals surface area contributed by atoms with Gasteiger partial charge in [-0.3, -0.25) is 0 Å². The molecule has 0 aliphatic heterocycles. The van der Waals surface area contributed by atoms with Crippen LogP contribution in [0.4, 0.5) is 0 Å². The summed E-state index contributed by atoms with van der Waals surface area (Å²) in [5.74, 6) is 1.02. The van der Waals surface area contributed by atoms with Crippen LogP contribution in [0.15, 0.2) is 24.7 Å². The molecule has 14 heteroatoms. The molecule has 0 saturated heterocycles. The molecule has 0 fully saturated rings. The van der Waals surface area contributed by atoms with Crippen LogP contribution in [0.1, 0.15) is 11.5 Å². The summed E-state index contributed by atoms with van der Waals surface area (Å²) < 4.78 is 3.43. The van der Waals surface area contributed by atoms with Crippen LogP contribution < -0.4 is 0 Å². The average molecular weight is 435 g/mol. The Balaban J connectivity index is 0. The Labute approximate surface area is 232 Å². The molecule has 0 unspecified atom stereocenters. The molecule has 0 aliphatic carbocycles. The Morgan fingerprint density at radius 2 is 1.54 bits per heavy atom. The number of nitrogens with one attached hydrogen (secondary N) is 3. The van der Waals surface area contributed by atoms with Crippen LogP contribution in [0, 0.1) is 21.2 Å². The summed E-state index contributed by atoms with van der Waals surface area (Å²) in [6, 6.07) is 1.87. The number of imidazole rings is 1. The second-order valence-corrected chi connectivity index (χ2v) is 5.62. The van der Waals surface area contributed by atoms with E-state index in [1.807, 2.05) is 19.2 Å². The third-order valence-corrected chi connectivity index (χ3v) is 3.38. The summed E-state index contributed by atoms with van der Waals surface area (Å²) in [5.41, 5.74) is 0.952. The Morgan fingerprint density at radius 3 is 1.96 bits per heavy atom. The SMILES string of the molecule is Cc1nccn1CCc1ccnnn1.S=c1[nH]c(=S)[nH]c(=S)[nH]1.[Na].[Na].[Na]. The zero-order chi connectivity index (χ0) is 16.7. The van der Waals surface area contributed by atoms with E-state index in [1.165, 1.54) is 0 Å². The van der Waals surface area contributed by atoms with E-state index in [0.29, 0.717) is 14.3 Å². The standard InChI is InChI=1S/C9H11N5.C3H3N3S3.3Na/c1-8-10-5-7-14(8)6-3-9-2-4-11-13-12-9;7-1-4-2(8)6-3(9)5-1;;;/h2,4-5,7H,3,6H2,1H3;(H3,4,5,6,7,8,9);;;. The van der Waals surface area contributed by atoms with E-state index in [1.54, 1.807) is 12.4 Å². The molecule has 3 rings (SSSR count). The molecule has 0 amide bonds. The predicted octanol–water partition coefficient (Wildman–Crippen LogP) is 1.34. The van der Waals surface area contributed by atoms with Crippen LogP contribution in [-0.4, -0.2) is 129 Å². The summed E-state index contributed by atoms with van der Waals surface area (Å²) in [4.78, 5) is 12.1. The molecule has 0 spiro atoms. The monoisotopic (exact) mass is 435 g/mol. The van der Waals surface area contributed by atoms with E-state index >= 15 is 0 Å². The molecule has 0 aromatic carbocycles. The molecule has 3 aromatic heterocycles. The van der Waals surface area contributed by atoms with Gasteiger partial charge in [0, 0.05) is 114 Å². The Kier molecular flexibility index (Phi) is 17.6. The molecule has 0 saturated carbocycles.